The van der Waals surface area contributed by atoms with E-state index in [-0.39, 0.29) is 63.1 Å². The normalized spacial score (nSPS) is 19.4. The number of hydrazine groups is 1. The quantitative estimate of drug-likeness (QED) is 0.305. The molecule has 2 fully saturated rings. The molecule has 12 heteroatoms. The van der Waals surface area contributed by atoms with Crippen LogP contribution in [0.3, 0.4) is 0 Å². The third-order valence-corrected chi connectivity index (χ3v) is 7.42. The molecule has 3 aromatic rings. The van der Waals surface area contributed by atoms with Crippen molar-refractivity contribution < 1.29 is 23.9 Å². The molecule has 41 heavy (non-hydrogen) atoms. The summed E-state index contributed by atoms with van der Waals surface area (Å²) in [5.41, 5.74) is 3.44. The lowest BCUT2D eigenvalue weighted by molar-refractivity contribution is -0.188. The molecule has 0 radical (unpaired) electrons. The Kier molecular flexibility index (Phi) is 8.11. The first-order chi connectivity index (χ1) is 19.8. The summed E-state index contributed by atoms with van der Waals surface area (Å²) in [6.45, 7) is 8.49. The summed E-state index contributed by atoms with van der Waals surface area (Å²) in [4.78, 5) is 55.7. The molecule has 2 aliphatic heterocycles. The van der Waals surface area contributed by atoms with Gasteiger partial charge in [0.05, 0.1) is 30.7 Å². The average Bonchev–Trinajstić information content (AvgIpc) is 2.94. The van der Waals surface area contributed by atoms with Crippen LogP contribution >= 0.6 is 0 Å². The Hall–Kier alpha value is -4.58. The van der Waals surface area contributed by atoms with Crippen molar-refractivity contribution in [3.63, 3.8) is 0 Å². The molecule has 216 valence electrons. The third-order valence-electron chi connectivity index (χ3n) is 7.42. The first-order valence-electron chi connectivity index (χ1n) is 13.7. The van der Waals surface area contributed by atoms with Gasteiger partial charge in [0.1, 0.15) is 18.8 Å². The van der Waals surface area contributed by atoms with Crippen molar-refractivity contribution in [3.05, 3.63) is 72.3 Å². The van der Waals surface area contributed by atoms with Gasteiger partial charge in [-0.15, -0.1) is 6.58 Å². The molecule has 12 nitrogen and oxygen atoms in total. The van der Waals surface area contributed by atoms with Gasteiger partial charge in [-0.25, -0.2) is 14.8 Å². The van der Waals surface area contributed by atoms with Crippen molar-refractivity contribution in [2.75, 3.05) is 26.2 Å². The summed E-state index contributed by atoms with van der Waals surface area (Å²) in [7, 11) is 0. The van der Waals surface area contributed by atoms with Crippen LogP contribution in [0.15, 0.2) is 61.2 Å². The molecule has 0 saturated carbocycles. The molecule has 4 amide bonds. The van der Waals surface area contributed by atoms with E-state index in [1.165, 1.54) is 4.90 Å². The number of amides is 4. The fraction of sp³-hybridized carbons (Fsp3) is 0.379. The summed E-state index contributed by atoms with van der Waals surface area (Å²) in [5, 5.41) is 9.30. The lowest BCUT2D eigenvalue weighted by Gasteiger charge is -2.54. The number of fused-ring (bicyclic) bond motifs is 2. The van der Waals surface area contributed by atoms with Gasteiger partial charge in [0.25, 0.3) is 0 Å². The summed E-state index contributed by atoms with van der Waals surface area (Å²) < 4.78 is 6.79. The zero-order valence-electron chi connectivity index (χ0n) is 23.3. The molecule has 2 N–H and O–H groups in total. The van der Waals surface area contributed by atoms with Gasteiger partial charge < -0.3 is 19.9 Å². The number of aromatic amines is 1. The number of benzene rings is 2. The van der Waals surface area contributed by atoms with Crippen LogP contribution in [0.5, 0.6) is 0 Å². The number of esters is 1. The fourth-order valence-corrected chi connectivity index (χ4v) is 5.59. The van der Waals surface area contributed by atoms with Gasteiger partial charge in [0, 0.05) is 19.6 Å². The number of aromatic nitrogens is 2. The second kappa shape index (κ2) is 11.9. The number of rotatable bonds is 9. The Balaban J connectivity index is 1.41. The second-order valence-electron chi connectivity index (χ2n) is 10.1. The zero-order chi connectivity index (χ0) is 29.1. The molecule has 0 aliphatic carbocycles. The average molecular weight is 562 g/mol. The first kappa shape index (κ1) is 28.0. The van der Waals surface area contributed by atoms with E-state index in [2.05, 4.69) is 17.0 Å². The Morgan fingerprint density at radius 2 is 1.93 bits per heavy atom. The Morgan fingerprint density at radius 1 is 1.15 bits per heavy atom. The zero-order valence-corrected chi connectivity index (χ0v) is 23.3. The van der Waals surface area contributed by atoms with Gasteiger partial charge in [-0.3, -0.25) is 24.2 Å². The van der Waals surface area contributed by atoms with E-state index in [4.69, 9.17) is 4.74 Å². The molecule has 0 bridgehead atoms. The fourth-order valence-electron chi connectivity index (χ4n) is 5.59. The summed E-state index contributed by atoms with van der Waals surface area (Å²) >= 11 is 0. The molecular weight excluding hydrogens is 526 g/mol. The minimum Gasteiger partial charge on any atom is -0.465 e. The summed E-state index contributed by atoms with van der Waals surface area (Å²) in [6.07, 6.45) is 0.938. The van der Waals surface area contributed by atoms with Crippen molar-refractivity contribution >= 4 is 34.8 Å². The smallest absolute Gasteiger partial charge is 0.334 e. The lowest BCUT2D eigenvalue weighted by Crippen LogP contribution is -2.75. The molecule has 1 aromatic heterocycles. The molecule has 0 unspecified atom stereocenters. The highest BCUT2D eigenvalue weighted by Crippen LogP contribution is 2.29. The Bertz CT molecular complexity index is 1450. The lowest BCUT2D eigenvalue weighted by atomic mass is 10.1. The van der Waals surface area contributed by atoms with Crippen molar-refractivity contribution in [2.24, 2.45) is 0 Å². The first-order valence-corrected chi connectivity index (χ1v) is 13.7. The predicted molar refractivity (Wildman–Crippen MR) is 151 cm³/mol. The molecule has 0 spiro atoms. The van der Waals surface area contributed by atoms with E-state index >= 15 is 0 Å². The number of hydrogen-bond acceptors (Lipinski definition) is 6. The van der Waals surface area contributed by atoms with Crippen LogP contribution in [0.4, 0.5) is 4.79 Å². The minimum absolute atomic E-state index is 0.0268. The number of nitrogens with one attached hydrogen (secondary N) is 2. The molecule has 3 heterocycles. The molecule has 5 rings (SSSR count). The van der Waals surface area contributed by atoms with Gasteiger partial charge in [0.2, 0.25) is 11.8 Å². The highest BCUT2D eigenvalue weighted by Gasteiger charge is 2.49. The monoisotopic (exact) mass is 561 g/mol. The third kappa shape index (κ3) is 5.55. The minimum atomic E-state index is -0.764. The predicted octanol–water partition coefficient (Wildman–Crippen LogP) is 2.05. The number of piperazine rings is 1. The van der Waals surface area contributed by atoms with Gasteiger partial charge in [-0.1, -0.05) is 48.5 Å². The van der Waals surface area contributed by atoms with E-state index < -0.39 is 12.2 Å². The largest absolute Gasteiger partial charge is 0.465 e. The number of ether oxygens (including phenoxy) is 1. The van der Waals surface area contributed by atoms with Gasteiger partial charge in [0.15, 0.2) is 0 Å². The van der Waals surface area contributed by atoms with Crippen LogP contribution in [0.1, 0.15) is 25.0 Å². The van der Waals surface area contributed by atoms with E-state index in [9.17, 15) is 19.2 Å². The number of para-hydroxylation sites is 1. The van der Waals surface area contributed by atoms with Crippen molar-refractivity contribution in [2.45, 2.75) is 45.7 Å². The van der Waals surface area contributed by atoms with Crippen molar-refractivity contribution in [1.82, 2.24) is 34.9 Å². The maximum atomic E-state index is 13.6. The highest BCUT2D eigenvalue weighted by atomic mass is 16.5. The maximum absolute atomic E-state index is 13.6. The number of carbonyl (C=O) groups is 4. The Morgan fingerprint density at radius 3 is 2.66 bits per heavy atom. The van der Waals surface area contributed by atoms with E-state index in [0.717, 1.165) is 22.2 Å². The van der Waals surface area contributed by atoms with Crippen molar-refractivity contribution in [3.8, 4) is 0 Å². The number of H-pyrrole nitrogens is 1. The highest BCUT2D eigenvalue weighted by molar-refractivity contribution is 5.91. The SMILES string of the molecule is C=CCN1CC(=O)N2[C@@H](C)C(=O)N(Cc3cccc4[nH]n(CC(=O)OCC)c34)C[C@@H]2N1C(=O)NCc1ccccc1. The molecule has 2 aliphatic rings. The van der Waals surface area contributed by atoms with Crippen LogP contribution in [0, 0.1) is 0 Å². The van der Waals surface area contributed by atoms with E-state index in [0.29, 0.717) is 6.54 Å². The van der Waals surface area contributed by atoms with Gasteiger partial charge in [-0.2, -0.15) is 0 Å². The molecule has 2 atom stereocenters. The Labute approximate surface area is 238 Å². The maximum Gasteiger partial charge on any atom is 0.334 e. The van der Waals surface area contributed by atoms with E-state index in [1.54, 1.807) is 39.5 Å². The number of hydrogen-bond donors (Lipinski definition) is 2. The van der Waals surface area contributed by atoms with Crippen LogP contribution < -0.4 is 5.32 Å². The summed E-state index contributed by atoms with van der Waals surface area (Å²) in [6, 6.07) is 14.1. The van der Waals surface area contributed by atoms with Gasteiger partial charge >= 0.3 is 12.0 Å². The summed E-state index contributed by atoms with van der Waals surface area (Å²) in [5.74, 6) is -0.796. The standard InChI is InChI=1S/C29H35N7O5/c1-4-14-33-18-25(37)35-20(3)28(39)32(17-24(35)36(33)29(40)30-15-21-10-7-6-8-11-21)16-22-12-9-13-23-27(22)34(31-23)19-26(38)41-5-2/h4,6-13,20,24,31H,1,5,14-19H2,2-3H3,(H,30,40)/t20-,24-/m0/s1. The van der Waals surface area contributed by atoms with E-state index in [1.807, 2.05) is 48.5 Å². The van der Waals surface area contributed by atoms with Crippen LogP contribution in [0.25, 0.3) is 11.0 Å². The van der Waals surface area contributed by atoms with Crippen molar-refractivity contribution in [1.29, 1.82) is 0 Å². The number of carbonyl (C=O) groups excluding carboxylic acids is 4. The van der Waals surface area contributed by atoms with Gasteiger partial charge in [-0.05, 0) is 31.0 Å². The van der Waals surface area contributed by atoms with Crippen LogP contribution in [-0.2, 0) is 38.8 Å². The molecule has 2 aromatic carbocycles. The topological polar surface area (TPSA) is 123 Å². The second-order valence-corrected chi connectivity index (χ2v) is 10.1. The number of urea groups is 1. The molecule has 2 saturated heterocycles. The van der Waals surface area contributed by atoms with Crippen LogP contribution in [0.2, 0.25) is 0 Å². The number of nitrogens with zero attached hydrogens (tertiary/aromatic N) is 5. The molecular formula is C29H35N7O5. The van der Waals surface area contributed by atoms with Crippen LogP contribution in [-0.4, -0.2) is 91.9 Å².